The Balaban J connectivity index is 3.00. The van der Waals surface area contributed by atoms with Crippen LogP contribution in [0.3, 0.4) is 0 Å². The molecule has 1 aromatic rings. The minimum atomic E-state index is -0.0509. The highest BCUT2D eigenvalue weighted by Crippen LogP contribution is 2.20. The quantitative estimate of drug-likeness (QED) is 0.805. The normalized spacial score (nSPS) is 10.1. The van der Waals surface area contributed by atoms with Crippen LogP contribution in [0.25, 0.3) is 0 Å². The standard InChI is InChI=1S/C11H15ClN2O/c1-3-14(4-2)11(15)9-6-5-8(13)7-10(9)12/h5-7H,3-4,13H2,1-2H3. The van der Waals surface area contributed by atoms with E-state index in [1.54, 1.807) is 23.1 Å². The smallest absolute Gasteiger partial charge is 0.255 e. The zero-order chi connectivity index (χ0) is 11.4. The van der Waals surface area contributed by atoms with E-state index >= 15 is 0 Å². The van der Waals surface area contributed by atoms with Gasteiger partial charge in [-0.25, -0.2) is 0 Å². The van der Waals surface area contributed by atoms with Crippen LogP contribution in [0.5, 0.6) is 0 Å². The van der Waals surface area contributed by atoms with Gasteiger partial charge >= 0.3 is 0 Å². The summed E-state index contributed by atoms with van der Waals surface area (Å²) in [5.41, 5.74) is 6.63. The highest BCUT2D eigenvalue weighted by molar-refractivity contribution is 6.34. The summed E-state index contributed by atoms with van der Waals surface area (Å²) in [6.45, 7) is 5.23. The fraction of sp³-hybridized carbons (Fsp3) is 0.364. The first-order valence-corrected chi connectivity index (χ1v) is 5.32. The van der Waals surface area contributed by atoms with Gasteiger partial charge in [0.15, 0.2) is 0 Å². The Kier molecular flexibility index (Phi) is 3.97. The topological polar surface area (TPSA) is 46.3 Å². The third-order valence-corrected chi connectivity index (χ3v) is 2.59. The fourth-order valence-corrected chi connectivity index (χ4v) is 1.66. The van der Waals surface area contributed by atoms with Crippen molar-refractivity contribution in [2.75, 3.05) is 18.8 Å². The SMILES string of the molecule is CCN(CC)C(=O)c1ccc(N)cc1Cl. The lowest BCUT2D eigenvalue weighted by molar-refractivity contribution is 0.0773. The first-order valence-electron chi connectivity index (χ1n) is 4.94. The number of benzene rings is 1. The molecule has 0 aromatic heterocycles. The van der Waals surface area contributed by atoms with Gasteiger partial charge in [-0.15, -0.1) is 0 Å². The van der Waals surface area contributed by atoms with E-state index in [-0.39, 0.29) is 5.91 Å². The number of hydrogen-bond donors (Lipinski definition) is 1. The van der Waals surface area contributed by atoms with Crippen molar-refractivity contribution in [3.8, 4) is 0 Å². The molecule has 0 bridgehead atoms. The maximum absolute atomic E-state index is 11.9. The molecule has 2 N–H and O–H groups in total. The molecule has 0 fully saturated rings. The molecule has 82 valence electrons. The number of carbonyl (C=O) groups is 1. The lowest BCUT2D eigenvalue weighted by Gasteiger charge is -2.19. The van der Waals surface area contributed by atoms with Crippen molar-refractivity contribution in [2.45, 2.75) is 13.8 Å². The van der Waals surface area contributed by atoms with Gasteiger partial charge in [-0.1, -0.05) is 11.6 Å². The molecule has 1 aromatic carbocycles. The molecule has 0 aliphatic rings. The van der Waals surface area contributed by atoms with Gasteiger partial charge in [0.1, 0.15) is 0 Å². The zero-order valence-corrected chi connectivity index (χ0v) is 9.71. The molecule has 0 spiro atoms. The number of nitrogens with two attached hydrogens (primary N) is 1. The van der Waals surface area contributed by atoms with Gasteiger partial charge in [0.2, 0.25) is 0 Å². The predicted octanol–water partition coefficient (Wildman–Crippen LogP) is 2.40. The van der Waals surface area contributed by atoms with Crippen LogP contribution in [0.2, 0.25) is 5.02 Å². The molecular weight excluding hydrogens is 212 g/mol. The number of nitrogens with zero attached hydrogens (tertiary/aromatic N) is 1. The summed E-state index contributed by atoms with van der Waals surface area (Å²) in [5, 5.41) is 0.409. The number of hydrogen-bond acceptors (Lipinski definition) is 2. The summed E-state index contributed by atoms with van der Waals surface area (Å²) in [6.07, 6.45) is 0. The monoisotopic (exact) mass is 226 g/mol. The molecule has 0 atom stereocenters. The second kappa shape index (κ2) is 5.03. The van der Waals surface area contributed by atoms with Gasteiger partial charge in [-0.2, -0.15) is 0 Å². The van der Waals surface area contributed by atoms with E-state index < -0.39 is 0 Å². The summed E-state index contributed by atoms with van der Waals surface area (Å²) >= 11 is 5.95. The molecule has 0 heterocycles. The molecule has 3 nitrogen and oxygen atoms in total. The average Bonchev–Trinajstić information content (AvgIpc) is 2.19. The van der Waals surface area contributed by atoms with E-state index in [1.807, 2.05) is 13.8 Å². The summed E-state index contributed by atoms with van der Waals surface area (Å²) in [5.74, 6) is -0.0509. The van der Waals surface area contributed by atoms with Gasteiger partial charge in [-0.3, -0.25) is 4.79 Å². The van der Waals surface area contributed by atoms with Crippen molar-refractivity contribution in [1.29, 1.82) is 0 Å². The number of amides is 1. The van der Waals surface area contributed by atoms with Crippen molar-refractivity contribution >= 4 is 23.2 Å². The second-order valence-electron chi connectivity index (χ2n) is 3.22. The van der Waals surface area contributed by atoms with Crippen LogP contribution >= 0.6 is 11.6 Å². The Morgan fingerprint density at radius 2 is 2.00 bits per heavy atom. The number of rotatable bonds is 3. The van der Waals surface area contributed by atoms with E-state index in [9.17, 15) is 4.79 Å². The molecular formula is C11H15ClN2O. The van der Waals surface area contributed by atoms with E-state index in [4.69, 9.17) is 17.3 Å². The van der Waals surface area contributed by atoms with Crippen molar-refractivity contribution < 1.29 is 4.79 Å². The van der Waals surface area contributed by atoms with Crippen molar-refractivity contribution in [2.24, 2.45) is 0 Å². The summed E-state index contributed by atoms with van der Waals surface area (Å²) in [7, 11) is 0. The largest absolute Gasteiger partial charge is 0.399 e. The molecule has 1 rings (SSSR count). The molecule has 0 aliphatic heterocycles. The Morgan fingerprint density at radius 1 is 1.40 bits per heavy atom. The fourth-order valence-electron chi connectivity index (χ4n) is 1.39. The van der Waals surface area contributed by atoms with E-state index in [1.165, 1.54) is 0 Å². The maximum atomic E-state index is 11.9. The molecule has 0 radical (unpaired) electrons. The number of anilines is 1. The number of carbonyl (C=O) groups excluding carboxylic acids is 1. The van der Waals surface area contributed by atoms with Crippen LogP contribution in [0.4, 0.5) is 5.69 Å². The molecule has 1 amide bonds. The van der Waals surface area contributed by atoms with Crippen LogP contribution in [0.15, 0.2) is 18.2 Å². The maximum Gasteiger partial charge on any atom is 0.255 e. The van der Waals surface area contributed by atoms with Crippen LogP contribution in [-0.2, 0) is 0 Å². The highest BCUT2D eigenvalue weighted by atomic mass is 35.5. The summed E-state index contributed by atoms with van der Waals surface area (Å²) in [6, 6.07) is 4.94. The van der Waals surface area contributed by atoms with Gasteiger partial charge in [-0.05, 0) is 32.0 Å². The van der Waals surface area contributed by atoms with Crippen molar-refractivity contribution in [3.05, 3.63) is 28.8 Å². The van der Waals surface area contributed by atoms with Gasteiger partial charge < -0.3 is 10.6 Å². The van der Waals surface area contributed by atoms with Crippen molar-refractivity contribution in [1.82, 2.24) is 4.90 Å². The van der Waals surface area contributed by atoms with E-state index in [0.29, 0.717) is 29.4 Å². The number of halogens is 1. The van der Waals surface area contributed by atoms with Crippen LogP contribution < -0.4 is 5.73 Å². The molecule has 0 saturated carbocycles. The minimum Gasteiger partial charge on any atom is -0.399 e. The van der Waals surface area contributed by atoms with Crippen LogP contribution in [0, 0.1) is 0 Å². The van der Waals surface area contributed by atoms with Crippen LogP contribution in [0.1, 0.15) is 24.2 Å². The summed E-state index contributed by atoms with van der Waals surface area (Å²) < 4.78 is 0. The third-order valence-electron chi connectivity index (χ3n) is 2.27. The number of nitrogen functional groups attached to an aromatic ring is 1. The molecule has 0 saturated heterocycles. The van der Waals surface area contributed by atoms with Gasteiger partial charge in [0.25, 0.3) is 5.91 Å². The van der Waals surface area contributed by atoms with Crippen LogP contribution in [-0.4, -0.2) is 23.9 Å². The average molecular weight is 227 g/mol. The minimum absolute atomic E-state index is 0.0509. The highest BCUT2D eigenvalue weighted by Gasteiger charge is 2.15. The molecule has 0 aliphatic carbocycles. The van der Waals surface area contributed by atoms with Gasteiger partial charge in [0, 0.05) is 18.8 Å². The van der Waals surface area contributed by atoms with E-state index in [0.717, 1.165) is 0 Å². The van der Waals surface area contributed by atoms with Gasteiger partial charge in [0.05, 0.1) is 10.6 Å². The lowest BCUT2D eigenvalue weighted by atomic mass is 10.2. The Bertz CT molecular complexity index is 362. The summed E-state index contributed by atoms with van der Waals surface area (Å²) in [4.78, 5) is 13.7. The first-order chi connectivity index (χ1) is 7.10. The predicted molar refractivity (Wildman–Crippen MR) is 63.1 cm³/mol. The third kappa shape index (κ3) is 2.63. The Labute approximate surface area is 94.8 Å². The zero-order valence-electron chi connectivity index (χ0n) is 8.96. The molecule has 15 heavy (non-hydrogen) atoms. The molecule has 0 unspecified atom stereocenters. The van der Waals surface area contributed by atoms with E-state index in [2.05, 4.69) is 0 Å². The molecule has 4 heteroatoms. The second-order valence-corrected chi connectivity index (χ2v) is 3.62. The van der Waals surface area contributed by atoms with Crippen molar-refractivity contribution in [3.63, 3.8) is 0 Å². The lowest BCUT2D eigenvalue weighted by Crippen LogP contribution is -2.30. The Morgan fingerprint density at radius 3 is 2.47 bits per heavy atom. The first kappa shape index (κ1) is 11.9. The Hall–Kier alpha value is -1.22.